The Balaban J connectivity index is 1.93. The average Bonchev–Trinajstić information content (AvgIpc) is 2.71. The van der Waals surface area contributed by atoms with Crippen LogP contribution in [-0.2, 0) is 10.1 Å². The Morgan fingerprint density at radius 1 is 0.967 bits per heavy atom. The number of aryl methyl sites for hydroxylation is 1. The van der Waals surface area contributed by atoms with Crippen molar-refractivity contribution >= 4 is 45.2 Å². The molecule has 0 saturated heterocycles. The number of nitrogens with zero attached hydrogens (tertiary/aromatic N) is 1. The monoisotopic (exact) mass is 463 g/mol. The normalized spacial score (nSPS) is 11.6. The van der Waals surface area contributed by atoms with Gasteiger partial charge in [-0.15, -0.1) is 0 Å². The van der Waals surface area contributed by atoms with E-state index in [4.69, 9.17) is 32.1 Å². The van der Waals surface area contributed by atoms with Crippen molar-refractivity contribution in [3.8, 4) is 11.5 Å². The highest BCUT2D eigenvalue weighted by Crippen LogP contribution is 2.38. The molecule has 0 unspecified atom stereocenters. The van der Waals surface area contributed by atoms with Gasteiger partial charge in [-0.1, -0.05) is 47.0 Å². The van der Waals surface area contributed by atoms with Crippen LogP contribution in [0.15, 0.2) is 64.5 Å². The predicted octanol–water partition coefficient (Wildman–Crippen LogP) is 6.14. The highest BCUT2D eigenvalue weighted by molar-refractivity contribution is 7.87. The third kappa shape index (κ3) is 4.95. The first-order valence-electron chi connectivity index (χ1n) is 8.89. The highest BCUT2D eigenvalue weighted by atomic mass is 35.5. The first-order chi connectivity index (χ1) is 14.2. The molecule has 5 nitrogen and oxygen atoms in total. The van der Waals surface area contributed by atoms with Crippen LogP contribution in [0.3, 0.4) is 0 Å². The summed E-state index contributed by atoms with van der Waals surface area (Å²) in [5.74, 6) is 0.0817. The van der Waals surface area contributed by atoms with Gasteiger partial charge in [0.2, 0.25) is 5.75 Å². The van der Waals surface area contributed by atoms with Crippen LogP contribution < -0.4 is 8.92 Å². The Morgan fingerprint density at radius 2 is 1.67 bits per heavy atom. The number of hydrogen-bond acceptors (Lipinski definition) is 5. The van der Waals surface area contributed by atoms with Crippen molar-refractivity contribution in [1.82, 2.24) is 0 Å². The lowest BCUT2D eigenvalue weighted by molar-refractivity contribution is 0.390. The fourth-order valence-corrected chi connectivity index (χ4v) is 4.07. The Hall–Kier alpha value is -2.54. The fourth-order valence-electron chi connectivity index (χ4n) is 2.64. The minimum atomic E-state index is -4.08. The fraction of sp³-hybridized carbons (Fsp3) is 0.136. The van der Waals surface area contributed by atoms with Crippen molar-refractivity contribution in [2.75, 3.05) is 7.11 Å². The average molecular weight is 464 g/mol. The number of rotatable bonds is 6. The Kier molecular flexibility index (Phi) is 6.71. The second kappa shape index (κ2) is 9.08. The maximum Gasteiger partial charge on any atom is 0.339 e. The number of ether oxygens (including phenoxy) is 1. The second-order valence-corrected chi connectivity index (χ2v) is 8.89. The molecule has 3 rings (SSSR count). The largest absolute Gasteiger partial charge is 0.493 e. The van der Waals surface area contributed by atoms with E-state index in [1.165, 1.54) is 19.2 Å². The molecule has 8 heteroatoms. The molecule has 0 atom stereocenters. The summed E-state index contributed by atoms with van der Waals surface area (Å²) in [7, 11) is -2.67. The molecule has 3 aromatic carbocycles. The first-order valence-corrected chi connectivity index (χ1v) is 11.1. The summed E-state index contributed by atoms with van der Waals surface area (Å²) in [6.07, 6.45) is 1.59. The summed E-state index contributed by atoms with van der Waals surface area (Å²) >= 11 is 12.4. The molecular weight excluding hydrogens is 445 g/mol. The number of hydrogen-bond donors (Lipinski definition) is 0. The van der Waals surface area contributed by atoms with Crippen LogP contribution in [-0.4, -0.2) is 21.7 Å². The second-order valence-electron chi connectivity index (χ2n) is 6.53. The van der Waals surface area contributed by atoms with Crippen LogP contribution in [0.1, 0.15) is 16.7 Å². The molecule has 0 aliphatic carbocycles. The van der Waals surface area contributed by atoms with E-state index in [-0.39, 0.29) is 21.4 Å². The molecule has 0 aliphatic rings. The zero-order valence-corrected chi connectivity index (χ0v) is 18.8. The number of methoxy groups -OCH3 is 1. The number of aliphatic imine (C=N–C) groups is 1. The maximum atomic E-state index is 12.6. The summed E-state index contributed by atoms with van der Waals surface area (Å²) in [6, 6.07) is 14.9. The molecule has 0 aromatic heterocycles. The van der Waals surface area contributed by atoms with Gasteiger partial charge >= 0.3 is 10.1 Å². The molecule has 0 aliphatic heterocycles. The van der Waals surface area contributed by atoms with Gasteiger partial charge in [-0.2, -0.15) is 8.42 Å². The third-order valence-corrected chi connectivity index (χ3v) is 6.27. The van der Waals surface area contributed by atoms with Gasteiger partial charge in [-0.25, -0.2) is 0 Å². The molecule has 3 aromatic rings. The van der Waals surface area contributed by atoms with Crippen molar-refractivity contribution in [2.45, 2.75) is 18.7 Å². The highest BCUT2D eigenvalue weighted by Gasteiger charge is 2.22. The molecule has 0 radical (unpaired) electrons. The Bertz CT molecular complexity index is 1210. The summed E-state index contributed by atoms with van der Waals surface area (Å²) in [5.41, 5.74) is 3.09. The molecule has 0 N–H and O–H groups in total. The van der Waals surface area contributed by atoms with Crippen molar-refractivity contribution < 1.29 is 17.3 Å². The van der Waals surface area contributed by atoms with E-state index in [1.54, 1.807) is 36.5 Å². The Labute approximate surface area is 186 Å². The minimum Gasteiger partial charge on any atom is -0.493 e. The van der Waals surface area contributed by atoms with Gasteiger partial charge < -0.3 is 8.92 Å². The van der Waals surface area contributed by atoms with E-state index >= 15 is 0 Å². The van der Waals surface area contributed by atoms with E-state index in [0.717, 1.165) is 11.1 Å². The summed E-state index contributed by atoms with van der Waals surface area (Å²) < 4.78 is 35.8. The standard InChI is InChI=1S/C22H19Cl2NO4S/c1-14-7-9-17(10-8-14)30(26,27)29-22-19(24)11-16(12-21(22)28-3)13-25-20-6-4-5-18(23)15(20)2/h4-13H,1-3H3. The molecule has 0 heterocycles. The zero-order chi connectivity index (χ0) is 21.9. The molecule has 0 amide bonds. The van der Waals surface area contributed by atoms with Crippen molar-refractivity contribution in [3.05, 3.63) is 81.3 Å². The van der Waals surface area contributed by atoms with E-state index in [2.05, 4.69) is 4.99 Å². The van der Waals surface area contributed by atoms with E-state index in [9.17, 15) is 8.42 Å². The first kappa shape index (κ1) is 22.2. The molecule has 0 saturated carbocycles. The lowest BCUT2D eigenvalue weighted by Crippen LogP contribution is -2.11. The number of halogens is 2. The smallest absolute Gasteiger partial charge is 0.339 e. The Morgan fingerprint density at radius 3 is 2.33 bits per heavy atom. The van der Waals surface area contributed by atoms with Gasteiger partial charge in [0, 0.05) is 11.2 Å². The quantitative estimate of drug-likeness (QED) is 0.325. The predicted molar refractivity (Wildman–Crippen MR) is 120 cm³/mol. The van der Waals surface area contributed by atoms with Crippen LogP contribution in [0.5, 0.6) is 11.5 Å². The molecule has 0 bridgehead atoms. The van der Waals surface area contributed by atoms with Gasteiger partial charge in [-0.3, -0.25) is 4.99 Å². The maximum absolute atomic E-state index is 12.6. The van der Waals surface area contributed by atoms with Gasteiger partial charge in [0.15, 0.2) is 5.75 Å². The third-order valence-electron chi connectivity index (χ3n) is 4.35. The van der Waals surface area contributed by atoms with Gasteiger partial charge in [-0.05, 0) is 61.4 Å². The van der Waals surface area contributed by atoms with Crippen molar-refractivity contribution in [2.24, 2.45) is 4.99 Å². The van der Waals surface area contributed by atoms with E-state index in [1.807, 2.05) is 26.0 Å². The van der Waals surface area contributed by atoms with Crippen LogP contribution in [0.2, 0.25) is 10.0 Å². The van der Waals surface area contributed by atoms with Crippen LogP contribution >= 0.6 is 23.2 Å². The molecular formula is C22H19Cl2NO4S. The topological polar surface area (TPSA) is 65.0 Å². The molecule has 0 fully saturated rings. The van der Waals surface area contributed by atoms with Crippen LogP contribution in [0, 0.1) is 13.8 Å². The van der Waals surface area contributed by atoms with Gasteiger partial charge in [0.05, 0.1) is 17.8 Å². The molecule has 156 valence electrons. The van der Waals surface area contributed by atoms with E-state index < -0.39 is 10.1 Å². The van der Waals surface area contributed by atoms with Crippen molar-refractivity contribution in [1.29, 1.82) is 0 Å². The lowest BCUT2D eigenvalue weighted by Gasteiger charge is -2.13. The van der Waals surface area contributed by atoms with Gasteiger partial charge in [0.1, 0.15) is 4.90 Å². The number of benzene rings is 3. The van der Waals surface area contributed by atoms with E-state index in [0.29, 0.717) is 16.3 Å². The summed E-state index contributed by atoms with van der Waals surface area (Å²) in [5, 5.41) is 0.694. The SMILES string of the molecule is COc1cc(C=Nc2cccc(Cl)c2C)cc(Cl)c1OS(=O)(=O)c1ccc(C)cc1. The lowest BCUT2D eigenvalue weighted by atomic mass is 10.2. The molecule has 30 heavy (non-hydrogen) atoms. The van der Waals surface area contributed by atoms with Crippen LogP contribution in [0.4, 0.5) is 5.69 Å². The summed E-state index contributed by atoms with van der Waals surface area (Å²) in [4.78, 5) is 4.45. The van der Waals surface area contributed by atoms with Crippen LogP contribution in [0.25, 0.3) is 0 Å². The van der Waals surface area contributed by atoms with Crippen molar-refractivity contribution in [3.63, 3.8) is 0 Å². The zero-order valence-electron chi connectivity index (χ0n) is 16.5. The summed E-state index contributed by atoms with van der Waals surface area (Å²) in [6.45, 7) is 3.73. The minimum absolute atomic E-state index is 0.0216. The molecule has 0 spiro atoms. The van der Waals surface area contributed by atoms with Gasteiger partial charge in [0.25, 0.3) is 0 Å².